The third-order valence-corrected chi connectivity index (χ3v) is 6.58. The molecule has 22 heavy (non-hydrogen) atoms. The van der Waals surface area contributed by atoms with Crippen molar-refractivity contribution in [1.82, 2.24) is 5.32 Å². The topological polar surface area (TPSA) is 55.4 Å². The first-order valence-electron chi connectivity index (χ1n) is 8.97. The minimum absolute atomic E-state index is 0.141. The van der Waals surface area contributed by atoms with Gasteiger partial charge in [0.25, 0.3) is 0 Å². The quantitative estimate of drug-likeness (QED) is 0.795. The first-order valence-corrected chi connectivity index (χ1v) is 8.97. The van der Waals surface area contributed by atoms with Gasteiger partial charge in [-0.2, -0.15) is 0 Å². The van der Waals surface area contributed by atoms with E-state index in [2.05, 4.69) is 5.32 Å². The summed E-state index contributed by atoms with van der Waals surface area (Å²) in [6.07, 6.45) is 10.2. The van der Waals surface area contributed by atoms with Crippen LogP contribution in [0.3, 0.4) is 0 Å². The predicted molar refractivity (Wildman–Crippen MR) is 81.9 cm³/mol. The molecule has 1 N–H and O–H groups in total. The zero-order valence-electron chi connectivity index (χ0n) is 13.5. The molecule has 4 bridgehead atoms. The summed E-state index contributed by atoms with van der Waals surface area (Å²) in [6, 6.07) is -0.432. The van der Waals surface area contributed by atoms with Crippen molar-refractivity contribution in [1.29, 1.82) is 0 Å². The van der Waals surface area contributed by atoms with Gasteiger partial charge in [0.1, 0.15) is 6.04 Å². The molecule has 5 aliphatic rings. The lowest BCUT2D eigenvalue weighted by Crippen LogP contribution is -2.56. The molecule has 0 heterocycles. The Morgan fingerprint density at radius 2 is 1.64 bits per heavy atom. The van der Waals surface area contributed by atoms with E-state index < -0.39 is 6.04 Å². The SMILES string of the molecule is COC(=O)[C@@H](CC1CC1)NC(=O)C12CC3CC(CC(C3)C1)C2. The van der Waals surface area contributed by atoms with Gasteiger partial charge in [-0.1, -0.05) is 12.8 Å². The predicted octanol–water partition coefficient (Wildman–Crippen LogP) is 2.66. The van der Waals surface area contributed by atoms with Gasteiger partial charge in [-0.05, 0) is 68.6 Å². The maximum atomic E-state index is 13.0. The molecule has 5 rings (SSSR count). The van der Waals surface area contributed by atoms with Gasteiger partial charge < -0.3 is 10.1 Å². The summed E-state index contributed by atoms with van der Waals surface area (Å²) in [4.78, 5) is 25.0. The fourth-order valence-electron chi connectivity index (χ4n) is 5.74. The van der Waals surface area contributed by atoms with Crippen molar-refractivity contribution in [3.05, 3.63) is 0 Å². The lowest BCUT2D eigenvalue weighted by molar-refractivity contribution is -0.153. The van der Waals surface area contributed by atoms with Gasteiger partial charge >= 0.3 is 5.97 Å². The Kier molecular flexibility index (Phi) is 3.46. The molecular formula is C18H27NO3. The van der Waals surface area contributed by atoms with E-state index in [4.69, 9.17) is 4.74 Å². The highest BCUT2D eigenvalue weighted by atomic mass is 16.5. The fraction of sp³-hybridized carbons (Fsp3) is 0.889. The molecule has 0 aromatic heterocycles. The smallest absolute Gasteiger partial charge is 0.328 e. The third-order valence-electron chi connectivity index (χ3n) is 6.58. The molecule has 1 amide bonds. The Hall–Kier alpha value is -1.06. The molecule has 1 atom stereocenters. The highest BCUT2D eigenvalue weighted by Crippen LogP contribution is 2.60. The average Bonchev–Trinajstić information content (AvgIpc) is 3.28. The molecule has 0 radical (unpaired) electrons. The summed E-state index contributed by atoms with van der Waals surface area (Å²) in [5, 5.41) is 3.08. The number of amides is 1. The number of hydrogen-bond donors (Lipinski definition) is 1. The molecule has 5 fully saturated rings. The Morgan fingerprint density at radius 1 is 1.09 bits per heavy atom. The molecule has 0 saturated heterocycles. The van der Waals surface area contributed by atoms with Crippen LogP contribution in [0.15, 0.2) is 0 Å². The minimum Gasteiger partial charge on any atom is -0.467 e. The van der Waals surface area contributed by atoms with Crippen molar-refractivity contribution in [3.8, 4) is 0 Å². The van der Waals surface area contributed by atoms with Gasteiger partial charge in [0.05, 0.1) is 7.11 Å². The first kappa shape index (κ1) is 14.5. The molecule has 0 aromatic rings. The number of ether oxygens (including phenoxy) is 1. The summed E-state index contributed by atoms with van der Waals surface area (Å²) in [6.45, 7) is 0. The number of carbonyl (C=O) groups excluding carboxylic acids is 2. The molecular weight excluding hydrogens is 278 g/mol. The van der Waals surface area contributed by atoms with Crippen molar-refractivity contribution in [2.24, 2.45) is 29.1 Å². The van der Waals surface area contributed by atoms with Crippen LogP contribution in [0.25, 0.3) is 0 Å². The largest absolute Gasteiger partial charge is 0.467 e. The van der Waals surface area contributed by atoms with Crippen molar-refractivity contribution in [2.45, 2.75) is 63.8 Å². The summed E-state index contributed by atoms with van der Waals surface area (Å²) >= 11 is 0. The molecule has 0 aromatic carbocycles. The van der Waals surface area contributed by atoms with Crippen LogP contribution in [0.1, 0.15) is 57.8 Å². The van der Waals surface area contributed by atoms with E-state index in [1.54, 1.807) is 0 Å². The van der Waals surface area contributed by atoms with Crippen LogP contribution < -0.4 is 5.32 Å². The second-order valence-electron chi connectivity index (χ2n) is 8.43. The van der Waals surface area contributed by atoms with Crippen LogP contribution in [-0.2, 0) is 14.3 Å². The summed E-state index contributed by atoms with van der Waals surface area (Å²) in [5.74, 6) is 2.71. The third kappa shape index (κ3) is 2.55. The highest BCUT2D eigenvalue weighted by molar-refractivity contribution is 5.88. The normalized spacial score (nSPS) is 40.3. The molecule has 0 aliphatic heterocycles. The maximum absolute atomic E-state index is 13.0. The summed E-state index contributed by atoms with van der Waals surface area (Å²) in [7, 11) is 1.42. The first-order chi connectivity index (χ1) is 10.6. The van der Waals surface area contributed by atoms with Crippen LogP contribution in [0, 0.1) is 29.1 Å². The number of rotatable bonds is 5. The number of methoxy groups -OCH3 is 1. The average molecular weight is 305 g/mol. The van der Waals surface area contributed by atoms with Crippen LogP contribution in [-0.4, -0.2) is 25.0 Å². The van der Waals surface area contributed by atoms with Crippen molar-refractivity contribution in [2.75, 3.05) is 7.11 Å². The molecule has 5 aliphatic carbocycles. The van der Waals surface area contributed by atoms with Crippen molar-refractivity contribution < 1.29 is 14.3 Å². The Morgan fingerprint density at radius 3 is 2.09 bits per heavy atom. The monoisotopic (exact) mass is 305 g/mol. The molecule has 4 heteroatoms. The Labute approximate surface area is 132 Å². The van der Waals surface area contributed by atoms with Gasteiger partial charge in [0.2, 0.25) is 5.91 Å². The van der Waals surface area contributed by atoms with Crippen LogP contribution in [0.2, 0.25) is 0 Å². The van der Waals surface area contributed by atoms with E-state index in [0.717, 1.165) is 43.4 Å². The Balaban J connectivity index is 1.47. The second-order valence-corrected chi connectivity index (χ2v) is 8.43. The van der Waals surface area contributed by atoms with Crippen molar-refractivity contribution in [3.63, 3.8) is 0 Å². The fourth-order valence-corrected chi connectivity index (χ4v) is 5.74. The van der Waals surface area contributed by atoms with E-state index in [0.29, 0.717) is 5.92 Å². The number of nitrogens with one attached hydrogen (secondary N) is 1. The lowest BCUT2D eigenvalue weighted by Gasteiger charge is -2.55. The highest BCUT2D eigenvalue weighted by Gasteiger charge is 2.55. The lowest BCUT2D eigenvalue weighted by atomic mass is 9.49. The van der Waals surface area contributed by atoms with E-state index in [9.17, 15) is 9.59 Å². The van der Waals surface area contributed by atoms with Crippen LogP contribution in [0.4, 0.5) is 0 Å². The zero-order valence-corrected chi connectivity index (χ0v) is 13.5. The van der Waals surface area contributed by atoms with Gasteiger partial charge in [-0.3, -0.25) is 4.79 Å². The van der Waals surface area contributed by atoms with E-state index in [1.807, 2.05) is 0 Å². The van der Waals surface area contributed by atoms with E-state index in [1.165, 1.54) is 39.2 Å². The second kappa shape index (κ2) is 5.24. The molecule has 0 spiro atoms. The molecule has 0 unspecified atom stereocenters. The van der Waals surface area contributed by atoms with Gasteiger partial charge in [0.15, 0.2) is 0 Å². The van der Waals surface area contributed by atoms with Gasteiger partial charge in [0, 0.05) is 5.41 Å². The van der Waals surface area contributed by atoms with E-state index >= 15 is 0 Å². The zero-order chi connectivity index (χ0) is 15.3. The summed E-state index contributed by atoms with van der Waals surface area (Å²) < 4.78 is 4.91. The maximum Gasteiger partial charge on any atom is 0.328 e. The Bertz CT molecular complexity index is 447. The van der Waals surface area contributed by atoms with Crippen LogP contribution >= 0.6 is 0 Å². The van der Waals surface area contributed by atoms with E-state index in [-0.39, 0.29) is 17.3 Å². The van der Waals surface area contributed by atoms with Gasteiger partial charge in [-0.25, -0.2) is 4.79 Å². The number of hydrogen-bond acceptors (Lipinski definition) is 3. The van der Waals surface area contributed by atoms with Crippen molar-refractivity contribution >= 4 is 11.9 Å². The van der Waals surface area contributed by atoms with Crippen LogP contribution in [0.5, 0.6) is 0 Å². The van der Waals surface area contributed by atoms with Gasteiger partial charge in [-0.15, -0.1) is 0 Å². The number of esters is 1. The number of carbonyl (C=O) groups is 2. The molecule has 4 nitrogen and oxygen atoms in total. The molecule has 5 saturated carbocycles. The minimum atomic E-state index is -0.432. The standard InChI is InChI=1S/C18H27NO3/c1-22-16(20)15(7-11-2-3-11)19-17(21)18-8-12-4-13(9-18)6-14(5-12)10-18/h11-15H,2-10H2,1H3,(H,19,21)/t12?,13?,14?,15-,18?/m1/s1. The summed E-state index contributed by atoms with van der Waals surface area (Å²) in [5.41, 5.74) is -0.176. The molecule has 122 valence electrons.